The summed E-state index contributed by atoms with van der Waals surface area (Å²) in [6, 6.07) is 6.73. The number of anilines is 2. The van der Waals surface area contributed by atoms with Crippen LogP contribution in [0.4, 0.5) is 11.4 Å². The molecule has 1 fully saturated rings. The van der Waals surface area contributed by atoms with E-state index in [9.17, 15) is 0 Å². The molecule has 0 radical (unpaired) electrons. The van der Waals surface area contributed by atoms with Crippen LogP contribution in [0.5, 0.6) is 0 Å². The first-order valence-electron chi connectivity index (χ1n) is 6.45. The molecule has 1 saturated carbocycles. The zero-order valence-corrected chi connectivity index (χ0v) is 11.5. The molecule has 3 N–H and O–H groups in total. The summed E-state index contributed by atoms with van der Waals surface area (Å²) in [5, 5.41) is 4.45. The molecule has 2 rings (SSSR count). The average Bonchev–Trinajstić information content (AvgIpc) is 2.72. The maximum Gasteiger partial charge on any atom is 0.0393 e. The third kappa shape index (κ3) is 3.09. The summed E-state index contributed by atoms with van der Waals surface area (Å²) < 4.78 is 0. The van der Waals surface area contributed by atoms with Crippen LogP contribution in [0.2, 0.25) is 0 Å². The van der Waals surface area contributed by atoms with E-state index in [1.54, 1.807) is 0 Å². The zero-order valence-electron chi connectivity index (χ0n) is 10.7. The number of aryl methyl sites for hydroxylation is 1. The lowest BCUT2D eigenvalue weighted by molar-refractivity contribution is 0.767. The van der Waals surface area contributed by atoms with Crippen molar-refractivity contribution in [1.29, 1.82) is 0 Å². The number of nitrogen functional groups attached to an aromatic ring is 1. The highest BCUT2D eigenvalue weighted by atomic mass is 32.2. The van der Waals surface area contributed by atoms with Crippen LogP contribution in [0.3, 0.4) is 0 Å². The van der Waals surface area contributed by atoms with E-state index in [-0.39, 0.29) is 0 Å². The number of hydrogen-bond donors (Lipinski definition) is 2. The molecule has 2 atom stereocenters. The molecule has 2 nitrogen and oxygen atoms in total. The smallest absolute Gasteiger partial charge is 0.0393 e. The van der Waals surface area contributed by atoms with Crippen molar-refractivity contribution in [3.63, 3.8) is 0 Å². The number of benzene rings is 1. The summed E-state index contributed by atoms with van der Waals surface area (Å²) in [6.07, 6.45) is 3.97. The predicted octanol–water partition coefficient (Wildman–Crippen LogP) is 3.66. The van der Waals surface area contributed by atoms with Crippen LogP contribution < -0.4 is 11.1 Å². The molecule has 0 aromatic heterocycles. The second kappa shape index (κ2) is 5.67. The molecule has 1 aromatic rings. The van der Waals surface area contributed by atoms with Crippen molar-refractivity contribution in [1.82, 2.24) is 0 Å². The minimum Gasteiger partial charge on any atom is -0.399 e. The molecule has 0 amide bonds. The van der Waals surface area contributed by atoms with Gasteiger partial charge in [-0.3, -0.25) is 0 Å². The van der Waals surface area contributed by atoms with Crippen LogP contribution >= 0.6 is 11.8 Å². The number of thioether (sulfide) groups is 1. The quantitative estimate of drug-likeness (QED) is 0.801. The summed E-state index contributed by atoms with van der Waals surface area (Å²) >= 11 is 2.08. The summed E-state index contributed by atoms with van der Waals surface area (Å²) in [5.41, 5.74) is 9.18. The van der Waals surface area contributed by atoms with Gasteiger partial charge in [0.25, 0.3) is 0 Å². The van der Waals surface area contributed by atoms with E-state index in [1.165, 1.54) is 36.3 Å². The Morgan fingerprint density at radius 2 is 2.24 bits per heavy atom. The Hall–Kier alpha value is -0.830. The highest BCUT2D eigenvalue weighted by Crippen LogP contribution is 2.33. The van der Waals surface area contributed by atoms with Crippen molar-refractivity contribution in [2.75, 3.05) is 16.8 Å². The molecule has 94 valence electrons. The molecular formula is C14H22N2S. The maximum absolute atomic E-state index is 5.85. The first kappa shape index (κ1) is 12.6. The highest BCUT2D eigenvalue weighted by molar-refractivity contribution is 7.99. The monoisotopic (exact) mass is 250 g/mol. The van der Waals surface area contributed by atoms with Crippen molar-refractivity contribution in [3.8, 4) is 0 Å². The fourth-order valence-electron chi connectivity index (χ4n) is 2.50. The third-order valence-electron chi connectivity index (χ3n) is 3.44. The lowest BCUT2D eigenvalue weighted by atomic mass is 10.1. The molecule has 3 heteroatoms. The fraction of sp³-hybridized carbons (Fsp3) is 0.571. The Labute approximate surface area is 108 Å². The van der Waals surface area contributed by atoms with Crippen LogP contribution in [0.25, 0.3) is 0 Å². The van der Waals surface area contributed by atoms with Crippen molar-refractivity contribution in [2.45, 2.75) is 44.4 Å². The lowest BCUT2D eigenvalue weighted by Crippen LogP contribution is -2.26. The van der Waals surface area contributed by atoms with E-state index < -0.39 is 0 Å². The normalized spacial score (nSPS) is 23.9. The van der Waals surface area contributed by atoms with Gasteiger partial charge in [-0.25, -0.2) is 0 Å². The molecule has 0 saturated heterocycles. The van der Waals surface area contributed by atoms with Crippen molar-refractivity contribution >= 4 is 23.1 Å². The summed E-state index contributed by atoms with van der Waals surface area (Å²) in [4.78, 5) is 0. The first-order valence-corrected chi connectivity index (χ1v) is 7.50. The van der Waals surface area contributed by atoms with Crippen LogP contribution in [0.15, 0.2) is 18.2 Å². The van der Waals surface area contributed by atoms with Gasteiger partial charge in [0.2, 0.25) is 0 Å². The van der Waals surface area contributed by atoms with Crippen LogP contribution in [0, 0.1) is 6.92 Å². The average molecular weight is 250 g/mol. The van der Waals surface area contributed by atoms with Gasteiger partial charge in [0, 0.05) is 22.7 Å². The van der Waals surface area contributed by atoms with E-state index in [2.05, 4.69) is 43.1 Å². The second-order valence-corrected chi connectivity index (χ2v) is 6.27. The van der Waals surface area contributed by atoms with Gasteiger partial charge in [0.1, 0.15) is 0 Å². The first-order chi connectivity index (χ1) is 8.20. The Balaban J connectivity index is 2.06. The minimum absolute atomic E-state index is 0.612. The number of nitrogens with one attached hydrogen (secondary N) is 1. The topological polar surface area (TPSA) is 38.0 Å². The molecule has 1 aliphatic carbocycles. The standard InChI is InChI=1S/C14H22N2S/c1-3-17-14-6-4-5-12(14)16-13-9-11(15)8-7-10(13)2/h7-9,12,14,16H,3-6,15H2,1-2H3. The van der Waals surface area contributed by atoms with E-state index >= 15 is 0 Å². The Kier molecular flexibility index (Phi) is 4.21. The molecule has 2 unspecified atom stereocenters. The summed E-state index contributed by atoms with van der Waals surface area (Å²) in [6.45, 7) is 4.38. The zero-order chi connectivity index (χ0) is 12.3. The van der Waals surface area contributed by atoms with Crippen LogP contribution in [-0.2, 0) is 0 Å². The third-order valence-corrected chi connectivity index (χ3v) is 4.76. The fourth-order valence-corrected chi connectivity index (χ4v) is 3.70. The highest BCUT2D eigenvalue weighted by Gasteiger charge is 2.27. The predicted molar refractivity (Wildman–Crippen MR) is 78.8 cm³/mol. The molecule has 1 aliphatic rings. The molecule has 17 heavy (non-hydrogen) atoms. The second-order valence-electron chi connectivity index (χ2n) is 4.75. The largest absolute Gasteiger partial charge is 0.399 e. The maximum atomic E-state index is 5.85. The molecule has 1 aromatic carbocycles. The van der Waals surface area contributed by atoms with Gasteiger partial charge in [0.15, 0.2) is 0 Å². The number of hydrogen-bond acceptors (Lipinski definition) is 3. The lowest BCUT2D eigenvalue weighted by Gasteiger charge is -2.22. The Morgan fingerprint density at radius 1 is 1.41 bits per heavy atom. The summed E-state index contributed by atoms with van der Waals surface area (Å²) in [7, 11) is 0. The molecule has 0 heterocycles. The Morgan fingerprint density at radius 3 is 3.00 bits per heavy atom. The van der Waals surface area contributed by atoms with Gasteiger partial charge in [-0.2, -0.15) is 11.8 Å². The van der Waals surface area contributed by atoms with E-state index in [0.717, 1.165) is 10.9 Å². The molecule has 0 spiro atoms. The molecule has 0 aliphatic heterocycles. The minimum atomic E-state index is 0.612. The van der Waals surface area contributed by atoms with Gasteiger partial charge in [-0.15, -0.1) is 0 Å². The number of rotatable bonds is 4. The van der Waals surface area contributed by atoms with Gasteiger partial charge in [0.05, 0.1) is 0 Å². The van der Waals surface area contributed by atoms with Gasteiger partial charge < -0.3 is 11.1 Å². The van der Waals surface area contributed by atoms with Gasteiger partial charge >= 0.3 is 0 Å². The Bertz CT molecular complexity index is 378. The van der Waals surface area contributed by atoms with E-state index in [0.29, 0.717) is 6.04 Å². The molecular weight excluding hydrogens is 228 g/mol. The van der Waals surface area contributed by atoms with Crippen molar-refractivity contribution in [2.24, 2.45) is 0 Å². The van der Waals surface area contributed by atoms with E-state index in [1.807, 2.05) is 6.07 Å². The van der Waals surface area contributed by atoms with Crippen LogP contribution in [-0.4, -0.2) is 17.0 Å². The van der Waals surface area contributed by atoms with E-state index in [4.69, 9.17) is 5.73 Å². The van der Waals surface area contributed by atoms with Crippen molar-refractivity contribution in [3.05, 3.63) is 23.8 Å². The van der Waals surface area contributed by atoms with Gasteiger partial charge in [-0.05, 0) is 43.2 Å². The molecule has 0 bridgehead atoms. The van der Waals surface area contributed by atoms with Crippen molar-refractivity contribution < 1.29 is 0 Å². The van der Waals surface area contributed by atoms with Crippen LogP contribution in [0.1, 0.15) is 31.7 Å². The summed E-state index contributed by atoms with van der Waals surface area (Å²) in [5.74, 6) is 1.21. The SMILES string of the molecule is CCSC1CCCC1Nc1cc(N)ccc1C. The number of nitrogens with two attached hydrogens (primary N) is 1. The van der Waals surface area contributed by atoms with Gasteiger partial charge in [-0.1, -0.05) is 19.4 Å².